The van der Waals surface area contributed by atoms with Crippen LogP contribution in [0.2, 0.25) is 0 Å². The van der Waals surface area contributed by atoms with Gasteiger partial charge in [0.1, 0.15) is 17.0 Å². The predicted molar refractivity (Wildman–Crippen MR) is 76.3 cm³/mol. The van der Waals surface area contributed by atoms with Gasteiger partial charge in [0.15, 0.2) is 0 Å². The van der Waals surface area contributed by atoms with E-state index >= 15 is 0 Å². The van der Waals surface area contributed by atoms with Crippen LogP contribution in [0.3, 0.4) is 0 Å². The molecular formula is C15H14N2O3. The molecule has 0 saturated heterocycles. The standard InChI is InChI=1S/C15H14N2O3/c1-20-11-7-5-10(6-8-11)9-17-12-3-2-4-13(18)14(12)16-15(17)19/h2-8,18H,9H2,1H3,(H,16,19). The molecular weight excluding hydrogens is 256 g/mol. The Kier molecular flexibility index (Phi) is 2.95. The Morgan fingerprint density at radius 3 is 2.65 bits per heavy atom. The molecule has 0 aliphatic rings. The molecule has 0 fully saturated rings. The average molecular weight is 270 g/mol. The van der Waals surface area contributed by atoms with Gasteiger partial charge in [-0.2, -0.15) is 0 Å². The highest BCUT2D eigenvalue weighted by molar-refractivity contribution is 5.81. The van der Waals surface area contributed by atoms with Crippen LogP contribution >= 0.6 is 0 Å². The van der Waals surface area contributed by atoms with Crippen LogP contribution in [-0.2, 0) is 6.54 Å². The van der Waals surface area contributed by atoms with Crippen molar-refractivity contribution < 1.29 is 9.84 Å². The normalized spacial score (nSPS) is 10.8. The lowest BCUT2D eigenvalue weighted by atomic mass is 10.2. The van der Waals surface area contributed by atoms with Gasteiger partial charge in [0.2, 0.25) is 0 Å². The number of hydrogen-bond donors (Lipinski definition) is 2. The molecule has 2 aromatic carbocycles. The van der Waals surface area contributed by atoms with Crippen molar-refractivity contribution in [3.05, 3.63) is 58.5 Å². The van der Waals surface area contributed by atoms with E-state index in [2.05, 4.69) is 4.98 Å². The number of H-pyrrole nitrogens is 1. The number of phenols is 1. The van der Waals surface area contributed by atoms with Gasteiger partial charge in [0.25, 0.3) is 0 Å². The van der Waals surface area contributed by atoms with Crippen molar-refractivity contribution in [2.75, 3.05) is 7.11 Å². The van der Waals surface area contributed by atoms with Crippen LogP contribution in [0.4, 0.5) is 0 Å². The average Bonchev–Trinajstić information content (AvgIpc) is 2.78. The monoisotopic (exact) mass is 270 g/mol. The molecule has 3 rings (SSSR count). The smallest absolute Gasteiger partial charge is 0.326 e. The highest BCUT2D eigenvalue weighted by atomic mass is 16.5. The number of para-hydroxylation sites is 1. The summed E-state index contributed by atoms with van der Waals surface area (Å²) >= 11 is 0. The molecule has 0 aliphatic heterocycles. The van der Waals surface area contributed by atoms with Crippen molar-refractivity contribution in [3.63, 3.8) is 0 Å². The van der Waals surface area contributed by atoms with E-state index in [1.54, 1.807) is 29.9 Å². The minimum absolute atomic E-state index is 0.0769. The molecule has 3 aromatic rings. The maximum absolute atomic E-state index is 12.0. The van der Waals surface area contributed by atoms with Gasteiger partial charge >= 0.3 is 5.69 Å². The first-order chi connectivity index (χ1) is 9.69. The molecule has 0 aliphatic carbocycles. The lowest BCUT2D eigenvalue weighted by Gasteiger charge is -2.05. The van der Waals surface area contributed by atoms with Crippen molar-refractivity contribution in [2.45, 2.75) is 6.54 Å². The summed E-state index contributed by atoms with van der Waals surface area (Å²) in [5.74, 6) is 0.853. The number of hydrogen-bond acceptors (Lipinski definition) is 3. The van der Waals surface area contributed by atoms with Crippen LogP contribution in [0.1, 0.15) is 5.56 Å². The number of phenolic OH excluding ortho intramolecular Hbond substituents is 1. The first kappa shape index (κ1) is 12.3. The van der Waals surface area contributed by atoms with Crippen molar-refractivity contribution >= 4 is 11.0 Å². The van der Waals surface area contributed by atoms with Crippen LogP contribution in [-0.4, -0.2) is 21.8 Å². The number of nitrogens with zero attached hydrogens (tertiary/aromatic N) is 1. The summed E-state index contributed by atoms with van der Waals surface area (Å²) < 4.78 is 6.70. The molecule has 5 nitrogen and oxygen atoms in total. The maximum Gasteiger partial charge on any atom is 0.326 e. The fourth-order valence-electron chi connectivity index (χ4n) is 2.24. The van der Waals surface area contributed by atoms with E-state index in [9.17, 15) is 9.90 Å². The highest BCUT2D eigenvalue weighted by Gasteiger charge is 2.09. The number of ether oxygens (including phenoxy) is 1. The Morgan fingerprint density at radius 1 is 1.20 bits per heavy atom. The Bertz CT molecular complexity index is 800. The summed E-state index contributed by atoms with van der Waals surface area (Å²) in [7, 11) is 1.61. The zero-order chi connectivity index (χ0) is 14.1. The van der Waals surface area contributed by atoms with Crippen LogP contribution in [0, 0.1) is 0 Å². The number of nitrogens with one attached hydrogen (secondary N) is 1. The van der Waals surface area contributed by atoms with Crippen molar-refractivity contribution in [3.8, 4) is 11.5 Å². The third kappa shape index (κ3) is 2.03. The first-order valence-electron chi connectivity index (χ1n) is 6.22. The molecule has 0 atom stereocenters. The third-order valence-corrected chi connectivity index (χ3v) is 3.29. The second-order valence-corrected chi connectivity index (χ2v) is 4.54. The maximum atomic E-state index is 12.0. The molecule has 0 saturated carbocycles. The molecule has 0 radical (unpaired) electrons. The SMILES string of the molecule is COc1ccc(Cn2c(=O)[nH]c3c(O)cccc32)cc1. The lowest BCUT2D eigenvalue weighted by molar-refractivity contribution is 0.414. The summed E-state index contributed by atoms with van der Waals surface area (Å²) in [5, 5.41) is 9.74. The second kappa shape index (κ2) is 4.77. The predicted octanol–water partition coefficient (Wildman–Crippen LogP) is 2.09. The van der Waals surface area contributed by atoms with Gasteiger partial charge in [0, 0.05) is 0 Å². The van der Waals surface area contributed by atoms with Gasteiger partial charge in [-0.25, -0.2) is 4.79 Å². The number of imidazole rings is 1. The molecule has 0 bridgehead atoms. The molecule has 1 aromatic heterocycles. The molecule has 5 heteroatoms. The quantitative estimate of drug-likeness (QED) is 0.765. The molecule has 0 amide bonds. The Balaban J connectivity index is 2.04. The number of aromatic nitrogens is 2. The van der Waals surface area contributed by atoms with Crippen molar-refractivity contribution in [1.82, 2.24) is 9.55 Å². The van der Waals surface area contributed by atoms with Gasteiger partial charge in [-0.15, -0.1) is 0 Å². The number of benzene rings is 2. The number of rotatable bonds is 3. The number of aromatic amines is 1. The topological polar surface area (TPSA) is 67.2 Å². The molecule has 0 unspecified atom stereocenters. The minimum Gasteiger partial charge on any atom is -0.506 e. The van der Waals surface area contributed by atoms with Gasteiger partial charge in [-0.1, -0.05) is 18.2 Å². The van der Waals surface area contributed by atoms with Gasteiger partial charge in [-0.3, -0.25) is 4.57 Å². The van der Waals surface area contributed by atoms with E-state index < -0.39 is 0 Å². The molecule has 102 valence electrons. The largest absolute Gasteiger partial charge is 0.506 e. The summed E-state index contributed by atoms with van der Waals surface area (Å²) in [6, 6.07) is 12.6. The van der Waals surface area contributed by atoms with Gasteiger partial charge in [0.05, 0.1) is 19.2 Å². The minimum atomic E-state index is -0.239. The van der Waals surface area contributed by atoms with Crippen LogP contribution in [0.25, 0.3) is 11.0 Å². The van der Waals surface area contributed by atoms with Crippen molar-refractivity contribution in [2.24, 2.45) is 0 Å². The summed E-state index contributed by atoms with van der Waals surface area (Å²) in [5.41, 5.74) is 1.89. The van der Waals surface area contributed by atoms with E-state index in [0.717, 1.165) is 11.3 Å². The number of fused-ring (bicyclic) bond motifs is 1. The van der Waals surface area contributed by atoms with E-state index in [4.69, 9.17) is 4.74 Å². The molecule has 2 N–H and O–H groups in total. The van der Waals surface area contributed by atoms with E-state index in [1.807, 2.05) is 24.3 Å². The zero-order valence-corrected chi connectivity index (χ0v) is 11.0. The fourth-order valence-corrected chi connectivity index (χ4v) is 2.24. The summed E-state index contributed by atoms with van der Waals surface area (Å²) in [6.45, 7) is 0.437. The number of methoxy groups -OCH3 is 1. The zero-order valence-electron chi connectivity index (χ0n) is 11.0. The van der Waals surface area contributed by atoms with E-state index in [-0.39, 0.29) is 11.4 Å². The highest BCUT2D eigenvalue weighted by Crippen LogP contribution is 2.21. The summed E-state index contributed by atoms with van der Waals surface area (Å²) in [6.07, 6.45) is 0. The van der Waals surface area contributed by atoms with E-state index in [0.29, 0.717) is 17.6 Å². The Labute approximate surface area is 115 Å². The van der Waals surface area contributed by atoms with Crippen LogP contribution < -0.4 is 10.4 Å². The van der Waals surface area contributed by atoms with Crippen LogP contribution in [0.15, 0.2) is 47.3 Å². The van der Waals surface area contributed by atoms with Crippen molar-refractivity contribution in [1.29, 1.82) is 0 Å². The molecule has 1 heterocycles. The molecule has 20 heavy (non-hydrogen) atoms. The van der Waals surface area contributed by atoms with E-state index in [1.165, 1.54) is 0 Å². The lowest BCUT2D eigenvalue weighted by Crippen LogP contribution is -2.17. The second-order valence-electron chi connectivity index (χ2n) is 4.54. The van der Waals surface area contributed by atoms with Crippen LogP contribution in [0.5, 0.6) is 11.5 Å². The number of aromatic hydroxyl groups is 1. The summed E-state index contributed by atoms with van der Waals surface area (Å²) in [4.78, 5) is 14.7. The van der Waals surface area contributed by atoms with Gasteiger partial charge in [-0.05, 0) is 29.8 Å². The fraction of sp³-hybridized carbons (Fsp3) is 0.133. The Hall–Kier alpha value is -2.69. The van der Waals surface area contributed by atoms with Gasteiger partial charge < -0.3 is 14.8 Å². The first-order valence-corrected chi connectivity index (χ1v) is 6.22. The Morgan fingerprint density at radius 2 is 1.95 bits per heavy atom. The molecule has 0 spiro atoms. The third-order valence-electron chi connectivity index (χ3n) is 3.29.